The molecule has 0 unspecified atom stereocenters. The van der Waals surface area contributed by atoms with E-state index in [9.17, 15) is 0 Å². The molecule has 0 aliphatic carbocycles. The van der Waals surface area contributed by atoms with E-state index in [1.165, 1.54) is 0 Å². The molecule has 0 aromatic heterocycles. The molecule has 1 aromatic rings. The Hall–Kier alpha value is -0.970. The maximum atomic E-state index is 6.34. The summed E-state index contributed by atoms with van der Waals surface area (Å²) in [7, 11) is 4.94. The van der Waals surface area contributed by atoms with Crippen molar-refractivity contribution in [2.75, 3.05) is 41.0 Å². The molecule has 0 spiro atoms. The highest BCUT2D eigenvalue weighted by molar-refractivity contribution is 6.33. The fourth-order valence-corrected chi connectivity index (χ4v) is 2.58. The van der Waals surface area contributed by atoms with Crippen molar-refractivity contribution in [2.24, 2.45) is 0 Å². The van der Waals surface area contributed by atoms with E-state index in [4.69, 9.17) is 25.8 Å². The zero-order valence-corrected chi connectivity index (χ0v) is 14.3. The summed E-state index contributed by atoms with van der Waals surface area (Å²) in [6, 6.07) is 3.92. The molecular weight excluding hydrogens is 290 g/mol. The summed E-state index contributed by atoms with van der Waals surface area (Å²) < 4.78 is 15.8. The fraction of sp³-hybridized carbons (Fsp3) is 0.625. The van der Waals surface area contributed by atoms with Crippen molar-refractivity contribution in [2.45, 2.75) is 25.7 Å². The van der Waals surface area contributed by atoms with Crippen molar-refractivity contribution >= 4 is 11.6 Å². The van der Waals surface area contributed by atoms with Gasteiger partial charge in [0.15, 0.2) is 0 Å². The first-order valence-corrected chi connectivity index (χ1v) is 7.46. The molecule has 0 fully saturated rings. The van der Waals surface area contributed by atoms with E-state index in [1.807, 2.05) is 12.1 Å². The molecular formula is C16H26ClNO3. The van der Waals surface area contributed by atoms with Crippen molar-refractivity contribution in [3.05, 3.63) is 22.7 Å². The summed E-state index contributed by atoms with van der Waals surface area (Å²) in [5.41, 5.74) is 1.03. The molecule has 0 saturated heterocycles. The zero-order valence-electron chi connectivity index (χ0n) is 13.6. The highest BCUT2D eigenvalue weighted by Gasteiger charge is 2.26. The van der Waals surface area contributed by atoms with Crippen LogP contribution in [-0.4, -0.2) is 41.0 Å². The van der Waals surface area contributed by atoms with Crippen LogP contribution in [0.15, 0.2) is 12.1 Å². The molecule has 1 rings (SSSR count). The van der Waals surface area contributed by atoms with E-state index in [1.54, 1.807) is 21.3 Å². The quantitative estimate of drug-likeness (QED) is 0.710. The number of halogens is 1. The molecule has 4 nitrogen and oxygen atoms in total. The van der Waals surface area contributed by atoms with Gasteiger partial charge in [0, 0.05) is 19.2 Å². The molecule has 1 N–H and O–H groups in total. The maximum Gasteiger partial charge on any atom is 0.144 e. The van der Waals surface area contributed by atoms with Gasteiger partial charge in [-0.25, -0.2) is 0 Å². The van der Waals surface area contributed by atoms with Gasteiger partial charge in [0.1, 0.15) is 16.5 Å². The summed E-state index contributed by atoms with van der Waals surface area (Å²) >= 11 is 6.34. The molecule has 0 aliphatic heterocycles. The van der Waals surface area contributed by atoms with Gasteiger partial charge in [0.25, 0.3) is 0 Å². The summed E-state index contributed by atoms with van der Waals surface area (Å²) in [5, 5.41) is 3.89. The van der Waals surface area contributed by atoms with Crippen molar-refractivity contribution < 1.29 is 14.2 Å². The Kier molecular flexibility index (Phi) is 7.29. The molecule has 120 valence electrons. The molecule has 0 saturated carbocycles. The first-order chi connectivity index (χ1) is 9.97. The first-order valence-electron chi connectivity index (χ1n) is 7.08. The fourth-order valence-electron chi connectivity index (χ4n) is 2.26. The van der Waals surface area contributed by atoms with Crippen LogP contribution >= 0.6 is 11.6 Å². The summed E-state index contributed by atoms with van der Waals surface area (Å²) in [6.07, 6.45) is 0.968. The van der Waals surface area contributed by atoms with Gasteiger partial charge >= 0.3 is 0 Å². The van der Waals surface area contributed by atoms with E-state index in [2.05, 4.69) is 19.2 Å². The Morgan fingerprint density at radius 2 is 1.81 bits per heavy atom. The minimum Gasteiger partial charge on any atom is -0.495 e. The Labute approximate surface area is 132 Å². The topological polar surface area (TPSA) is 39.7 Å². The number of nitrogens with one attached hydrogen (secondary N) is 1. The lowest BCUT2D eigenvalue weighted by atomic mass is 9.81. The number of ether oxygens (including phenoxy) is 3. The normalized spacial score (nSPS) is 11.5. The molecule has 0 bridgehead atoms. The van der Waals surface area contributed by atoms with Gasteiger partial charge < -0.3 is 19.5 Å². The van der Waals surface area contributed by atoms with Gasteiger partial charge in [-0.2, -0.15) is 0 Å². The highest BCUT2D eigenvalue weighted by atomic mass is 35.5. The van der Waals surface area contributed by atoms with Crippen LogP contribution in [0.2, 0.25) is 5.02 Å². The predicted octanol–water partition coefficient (Wildman–Crippen LogP) is 3.26. The average molecular weight is 316 g/mol. The van der Waals surface area contributed by atoms with Crippen LogP contribution in [0.5, 0.6) is 11.5 Å². The van der Waals surface area contributed by atoms with Gasteiger partial charge in [-0.15, -0.1) is 0 Å². The van der Waals surface area contributed by atoms with E-state index < -0.39 is 0 Å². The van der Waals surface area contributed by atoms with Crippen LogP contribution in [0.3, 0.4) is 0 Å². The second-order valence-corrected chi connectivity index (χ2v) is 5.92. The number of hydrogen-bond donors (Lipinski definition) is 1. The van der Waals surface area contributed by atoms with Crippen molar-refractivity contribution in [3.63, 3.8) is 0 Å². The summed E-state index contributed by atoms with van der Waals surface area (Å²) in [6.45, 7) is 6.85. The third-order valence-electron chi connectivity index (χ3n) is 3.62. The number of hydrogen-bond acceptors (Lipinski definition) is 4. The number of rotatable bonds is 9. The van der Waals surface area contributed by atoms with E-state index in [0.29, 0.717) is 16.5 Å². The lowest BCUT2D eigenvalue weighted by Gasteiger charge is -2.28. The number of benzene rings is 1. The van der Waals surface area contributed by atoms with Crippen LogP contribution in [-0.2, 0) is 10.2 Å². The first kappa shape index (κ1) is 18.1. The Bertz CT molecular complexity index is 449. The smallest absolute Gasteiger partial charge is 0.144 e. The molecule has 5 heteroatoms. The minimum atomic E-state index is -0.0542. The van der Waals surface area contributed by atoms with Crippen molar-refractivity contribution in [1.29, 1.82) is 0 Å². The molecule has 0 radical (unpaired) electrons. The molecule has 21 heavy (non-hydrogen) atoms. The third kappa shape index (κ3) is 4.77. The van der Waals surface area contributed by atoms with Gasteiger partial charge in [-0.1, -0.05) is 31.5 Å². The maximum absolute atomic E-state index is 6.34. The molecule has 0 amide bonds. The van der Waals surface area contributed by atoms with Crippen molar-refractivity contribution in [1.82, 2.24) is 5.32 Å². The minimum absolute atomic E-state index is 0.0542. The van der Waals surface area contributed by atoms with E-state index >= 15 is 0 Å². The predicted molar refractivity (Wildman–Crippen MR) is 86.9 cm³/mol. The van der Waals surface area contributed by atoms with Gasteiger partial charge in [-0.3, -0.25) is 0 Å². The Balaban J connectivity index is 2.84. The van der Waals surface area contributed by atoms with Crippen molar-refractivity contribution in [3.8, 4) is 11.5 Å². The standard InChI is InChI=1S/C16H26ClNO3/c1-16(2,8-9-18-10-11-19-3)12-6-7-13(20-4)14(17)15(12)21-5/h6-7,18H,8-11H2,1-5H3. The molecule has 1 aromatic carbocycles. The average Bonchev–Trinajstić information content (AvgIpc) is 2.46. The monoisotopic (exact) mass is 315 g/mol. The van der Waals surface area contributed by atoms with Crippen LogP contribution in [0.1, 0.15) is 25.8 Å². The van der Waals surface area contributed by atoms with Crippen LogP contribution < -0.4 is 14.8 Å². The second kappa shape index (κ2) is 8.47. The zero-order chi connectivity index (χ0) is 15.9. The van der Waals surface area contributed by atoms with Crippen LogP contribution in [0, 0.1) is 0 Å². The summed E-state index contributed by atoms with van der Waals surface area (Å²) in [5.74, 6) is 1.32. The Morgan fingerprint density at radius 1 is 1.10 bits per heavy atom. The summed E-state index contributed by atoms with van der Waals surface area (Å²) in [4.78, 5) is 0. The van der Waals surface area contributed by atoms with E-state index in [-0.39, 0.29) is 5.41 Å². The van der Waals surface area contributed by atoms with Gasteiger partial charge in [-0.05, 0) is 24.4 Å². The lowest BCUT2D eigenvalue weighted by Crippen LogP contribution is -2.28. The molecule has 0 atom stereocenters. The van der Waals surface area contributed by atoms with E-state index in [0.717, 1.165) is 31.7 Å². The van der Waals surface area contributed by atoms with Gasteiger partial charge in [0.05, 0.1) is 20.8 Å². The highest BCUT2D eigenvalue weighted by Crippen LogP contribution is 2.42. The van der Waals surface area contributed by atoms with Gasteiger partial charge in [0.2, 0.25) is 0 Å². The SMILES string of the molecule is COCCNCCC(C)(C)c1ccc(OC)c(Cl)c1OC. The van der Waals surface area contributed by atoms with Crippen LogP contribution in [0.25, 0.3) is 0 Å². The third-order valence-corrected chi connectivity index (χ3v) is 3.98. The number of methoxy groups -OCH3 is 3. The molecule has 0 heterocycles. The largest absolute Gasteiger partial charge is 0.495 e. The second-order valence-electron chi connectivity index (χ2n) is 5.54. The van der Waals surface area contributed by atoms with Crippen LogP contribution in [0.4, 0.5) is 0 Å². The lowest BCUT2D eigenvalue weighted by molar-refractivity contribution is 0.198. The molecule has 0 aliphatic rings. The Morgan fingerprint density at radius 3 is 2.38 bits per heavy atom.